The molecule has 1 heterocycles. The monoisotopic (exact) mass is 359 g/mol. The summed E-state index contributed by atoms with van der Waals surface area (Å²) in [5, 5.41) is 6.51. The number of benzene rings is 1. The average Bonchev–Trinajstić information content (AvgIpc) is 3.18. The fourth-order valence-electron chi connectivity index (χ4n) is 2.37. The molecule has 0 amide bonds. The summed E-state index contributed by atoms with van der Waals surface area (Å²) in [7, 11) is 0. The van der Waals surface area contributed by atoms with Gasteiger partial charge in [-0.3, -0.25) is 0 Å². The van der Waals surface area contributed by atoms with Crippen LogP contribution in [0, 0.1) is 0 Å². The Hall–Kier alpha value is -2.31. The highest BCUT2D eigenvalue weighted by Gasteiger charge is 2.01. The lowest BCUT2D eigenvalue weighted by molar-refractivity contribution is 0.0453. The Morgan fingerprint density at radius 1 is 1.04 bits per heavy atom. The number of hydrogen-bond donors (Lipinski definition) is 2. The Morgan fingerprint density at radius 2 is 1.88 bits per heavy atom. The zero-order valence-electron chi connectivity index (χ0n) is 15.7. The second kappa shape index (κ2) is 12.1. The molecule has 2 N–H and O–H groups in total. The molecule has 1 aromatic heterocycles. The fourth-order valence-corrected chi connectivity index (χ4v) is 2.37. The summed E-state index contributed by atoms with van der Waals surface area (Å²) in [5.74, 6) is 1.64. The minimum atomic E-state index is 0.585. The van der Waals surface area contributed by atoms with Gasteiger partial charge in [0.25, 0.3) is 0 Å². The summed E-state index contributed by atoms with van der Waals surface area (Å²) < 4.78 is 16.2. The number of ether oxygens (including phenoxy) is 2. The predicted octanol–water partition coefficient (Wildman–Crippen LogP) is 3.09. The summed E-state index contributed by atoms with van der Waals surface area (Å²) in [6.45, 7) is 8.58. The lowest BCUT2D eigenvalue weighted by atomic mass is 10.1. The Balaban J connectivity index is 1.84. The topological polar surface area (TPSA) is 68.0 Å². The average molecular weight is 359 g/mol. The minimum absolute atomic E-state index is 0.585. The highest BCUT2D eigenvalue weighted by molar-refractivity contribution is 5.79. The molecule has 0 radical (unpaired) electrons. The second-order valence-electron chi connectivity index (χ2n) is 5.70. The van der Waals surface area contributed by atoms with Gasteiger partial charge in [-0.2, -0.15) is 0 Å². The van der Waals surface area contributed by atoms with Crippen LogP contribution >= 0.6 is 0 Å². The maximum atomic E-state index is 5.62. The second-order valence-corrected chi connectivity index (χ2v) is 5.70. The molecule has 142 valence electrons. The summed E-state index contributed by atoms with van der Waals surface area (Å²) >= 11 is 0. The van der Waals surface area contributed by atoms with Crippen LogP contribution in [0.15, 0.2) is 52.1 Å². The van der Waals surface area contributed by atoms with E-state index in [0.717, 1.165) is 36.0 Å². The number of guanidine groups is 1. The van der Waals surface area contributed by atoms with Crippen molar-refractivity contribution in [3.05, 3.63) is 59.5 Å². The van der Waals surface area contributed by atoms with Gasteiger partial charge in [-0.05, 0) is 37.1 Å². The number of aliphatic imine (C=N–C) groups is 1. The van der Waals surface area contributed by atoms with E-state index in [1.54, 1.807) is 6.26 Å². The molecule has 0 spiro atoms. The maximum Gasteiger partial charge on any atom is 0.191 e. The van der Waals surface area contributed by atoms with Crippen LogP contribution in [0.4, 0.5) is 0 Å². The maximum absolute atomic E-state index is 5.62. The van der Waals surface area contributed by atoms with Gasteiger partial charge in [0, 0.05) is 13.2 Å². The Kier molecular flexibility index (Phi) is 9.32. The van der Waals surface area contributed by atoms with Crippen LogP contribution in [0.1, 0.15) is 30.7 Å². The van der Waals surface area contributed by atoms with Gasteiger partial charge in [-0.25, -0.2) is 4.99 Å². The van der Waals surface area contributed by atoms with Gasteiger partial charge in [0.2, 0.25) is 0 Å². The molecule has 2 rings (SSSR count). The molecule has 0 aliphatic rings. The SMILES string of the molecule is CCNC(=NCc1cccc(COCCOCC)c1)NCc1ccco1. The van der Waals surface area contributed by atoms with E-state index >= 15 is 0 Å². The van der Waals surface area contributed by atoms with E-state index in [0.29, 0.717) is 32.9 Å². The van der Waals surface area contributed by atoms with Crippen LogP contribution in [0.2, 0.25) is 0 Å². The molecule has 1 aromatic carbocycles. The fraction of sp³-hybridized carbons (Fsp3) is 0.450. The van der Waals surface area contributed by atoms with Gasteiger partial charge in [-0.1, -0.05) is 24.3 Å². The molecule has 6 nitrogen and oxygen atoms in total. The van der Waals surface area contributed by atoms with E-state index in [1.165, 1.54) is 0 Å². The van der Waals surface area contributed by atoms with Crippen LogP contribution in [0.5, 0.6) is 0 Å². The van der Waals surface area contributed by atoms with E-state index in [-0.39, 0.29) is 0 Å². The van der Waals surface area contributed by atoms with Gasteiger partial charge < -0.3 is 24.5 Å². The lowest BCUT2D eigenvalue weighted by Gasteiger charge is -2.10. The molecule has 6 heteroatoms. The summed E-state index contributed by atoms with van der Waals surface area (Å²) in [6.07, 6.45) is 1.67. The lowest BCUT2D eigenvalue weighted by Crippen LogP contribution is -2.36. The van der Waals surface area contributed by atoms with Crippen molar-refractivity contribution >= 4 is 5.96 Å². The van der Waals surface area contributed by atoms with E-state index < -0.39 is 0 Å². The number of furan rings is 1. The zero-order valence-corrected chi connectivity index (χ0v) is 15.7. The first-order valence-corrected chi connectivity index (χ1v) is 9.09. The van der Waals surface area contributed by atoms with Gasteiger partial charge in [0.05, 0.1) is 39.2 Å². The van der Waals surface area contributed by atoms with Crippen molar-refractivity contribution in [2.75, 3.05) is 26.4 Å². The summed E-state index contributed by atoms with van der Waals surface area (Å²) in [5.41, 5.74) is 2.29. The number of nitrogens with one attached hydrogen (secondary N) is 2. The summed E-state index contributed by atoms with van der Waals surface area (Å²) in [6, 6.07) is 12.1. The van der Waals surface area contributed by atoms with Crippen LogP contribution in [0.3, 0.4) is 0 Å². The van der Waals surface area contributed by atoms with Crippen molar-refractivity contribution < 1.29 is 13.9 Å². The molecule has 2 aromatic rings. The molecule has 0 atom stereocenters. The van der Waals surface area contributed by atoms with Crippen molar-refractivity contribution in [2.45, 2.75) is 33.5 Å². The Labute approximate surface area is 155 Å². The Bertz CT molecular complexity index is 642. The smallest absolute Gasteiger partial charge is 0.191 e. The van der Waals surface area contributed by atoms with Crippen molar-refractivity contribution in [2.24, 2.45) is 4.99 Å². The van der Waals surface area contributed by atoms with Gasteiger partial charge >= 0.3 is 0 Å². The molecule has 0 aliphatic carbocycles. The summed E-state index contributed by atoms with van der Waals surface area (Å²) in [4.78, 5) is 4.64. The molecular formula is C20H29N3O3. The molecule has 0 aliphatic heterocycles. The molecule has 0 unspecified atom stereocenters. The number of hydrogen-bond acceptors (Lipinski definition) is 4. The van der Waals surface area contributed by atoms with Crippen molar-refractivity contribution in [3.8, 4) is 0 Å². The van der Waals surface area contributed by atoms with Gasteiger partial charge in [-0.15, -0.1) is 0 Å². The predicted molar refractivity (Wildman–Crippen MR) is 103 cm³/mol. The van der Waals surface area contributed by atoms with Crippen molar-refractivity contribution in [3.63, 3.8) is 0 Å². The normalized spacial score (nSPS) is 11.5. The van der Waals surface area contributed by atoms with Crippen LogP contribution in [-0.4, -0.2) is 32.3 Å². The molecule has 0 fully saturated rings. The van der Waals surface area contributed by atoms with E-state index in [1.807, 2.05) is 32.0 Å². The van der Waals surface area contributed by atoms with E-state index in [2.05, 4.69) is 33.8 Å². The third-order valence-electron chi connectivity index (χ3n) is 3.61. The Morgan fingerprint density at radius 3 is 2.65 bits per heavy atom. The molecule has 26 heavy (non-hydrogen) atoms. The van der Waals surface area contributed by atoms with Crippen molar-refractivity contribution in [1.29, 1.82) is 0 Å². The number of nitrogens with zero attached hydrogens (tertiary/aromatic N) is 1. The first-order valence-electron chi connectivity index (χ1n) is 9.09. The zero-order chi connectivity index (χ0) is 18.5. The highest BCUT2D eigenvalue weighted by atomic mass is 16.5. The third-order valence-corrected chi connectivity index (χ3v) is 3.61. The first-order chi connectivity index (χ1) is 12.8. The van der Waals surface area contributed by atoms with Gasteiger partial charge in [0.1, 0.15) is 5.76 Å². The highest BCUT2D eigenvalue weighted by Crippen LogP contribution is 2.08. The van der Waals surface area contributed by atoms with Gasteiger partial charge in [0.15, 0.2) is 5.96 Å². The standard InChI is InChI=1S/C20H29N3O3/c1-3-21-20(23-15-19-9-6-10-26-19)22-14-17-7-5-8-18(13-17)16-25-12-11-24-4-2/h5-10,13H,3-4,11-12,14-16H2,1-2H3,(H2,21,22,23). The largest absolute Gasteiger partial charge is 0.467 e. The molecule has 0 bridgehead atoms. The first kappa shape index (κ1) is 20.0. The van der Waals surface area contributed by atoms with E-state index in [9.17, 15) is 0 Å². The van der Waals surface area contributed by atoms with Crippen LogP contribution < -0.4 is 10.6 Å². The third kappa shape index (κ3) is 7.72. The van der Waals surface area contributed by atoms with E-state index in [4.69, 9.17) is 13.9 Å². The minimum Gasteiger partial charge on any atom is -0.467 e. The van der Waals surface area contributed by atoms with Crippen LogP contribution in [-0.2, 0) is 29.2 Å². The molecule has 0 saturated carbocycles. The quantitative estimate of drug-likeness (QED) is 0.367. The van der Waals surface area contributed by atoms with Crippen molar-refractivity contribution in [1.82, 2.24) is 10.6 Å². The molecule has 0 saturated heterocycles. The number of rotatable bonds is 11. The molecular weight excluding hydrogens is 330 g/mol. The van der Waals surface area contributed by atoms with Crippen LogP contribution in [0.25, 0.3) is 0 Å².